The minimum atomic E-state index is -0.972. The van der Waals surface area contributed by atoms with Crippen LogP contribution in [0.3, 0.4) is 0 Å². The number of benzene rings is 2. The molecule has 0 aliphatic rings. The van der Waals surface area contributed by atoms with E-state index < -0.39 is 35.7 Å². The quantitative estimate of drug-likeness (QED) is 0.0379. The molecule has 0 aliphatic heterocycles. The fourth-order valence-corrected chi connectivity index (χ4v) is 5.83. The Morgan fingerprint density at radius 3 is 2.11 bits per heavy atom. The van der Waals surface area contributed by atoms with Crippen LogP contribution in [0.1, 0.15) is 47.6 Å². The number of carbonyl (C=O) groups excluding carboxylic acids is 6. The van der Waals surface area contributed by atoms with Gasteiger partial charge in [0.05, 0.1) is 55.4 Å². The summed E-state index contributed by atoms with van der Waals surface area (Å²) in [6, 6.07) is 10.0. The van der Waals surface area contributed by atoms with Crippen LogP contribution in [-0.2, 0) is 50.5 Å². The Kier molecular flexibility index (Phi) is 19.6. The average Bonchev–Trinajstić information content (AvgIpc) is 3.18. The predicted molar refractivity (Wildman–Crippen MR) is 212 cm³/mol. The second-order valence-corrected chi connectivity index (χ2v) is 13.3. The third kappa shape index (κ3) is 15.6. The molecule has 2 aromatic carbocycles. The lowest BCUT2D eigenvalue weighted by atomic mass is 10.1. The number of rotatable bonds is 24. The first-order chi connectivity index (χ1) is 26.5. The third-order valence-electron chi connectivity index (χ3n) is 7.97. The molecule has 0 bridgehead atoms. The lowest BCUT2D eigenvalue weighted by molar-refractivity contribution is -0.132. The Morgan fingerprint density at radius 2 is 1.45 bits per heavy atom. The first kappa shape index (κ1) is 44.8. The van der Waals surface area contributed by atoms with Crippen molar-refractivity contribution >= 4 is 84.5 Å². The van der Waals surface area contributed by atoms with Gasteiger partial charge in [-0.05, 0) is 56.2 Å². The molecule has 2 unspecified atom stereocenters. The van der Waals surface area contributed by atoms with E-state index in [4.69, 9.17) is 15.2 Å². The van der Waals surface area contributed by atoms with E-state index in [0.29, 0.717) is 45.8 Å². The maximum absolute atomic E-state index is 12.6. The standard InChI is InChI=1S/C36H47Br2N9O8/c1-22(34(51)41-20-33(50)45-26-6-3-24(4-7-26)15-27(19-39)42-21-48)44-35(52)23(2)43-32(49)9-11-54-13-14-55-12-10-40-36(53)25-5-8-28-29(16-25)47-31(18-38)30(17-37)46-28/h3-8,16,21-23,27H,9-15,17-20,39H2,1-2H3,(H,40,53)(H,41,51)(H,42,48)(H,43,49)(H,44,52)(H,45,50)/t22?,23-,27?/m0/s1. The molecule has 0 fully saturated rings. The number of amides is 6. The van der Waals surface area contributed by atoms with Gasteiger partial charge in [0, 0.05) is 47.5 Å². The molecule has 0 spiro atoms. The average molecular weight is 894 g/mol. The van der Waals surface area contributed by atoms with Crippen molar-refractivity contribution in [3.05, 3.63) is 65.0 Å². The number of hydrogen-bond donors (Lipinski definition) is 7. The molecular weight excluding hydrogens is 846 g/mol. The van der Waals surface area contributed by atoms with E-state index in [1.54, 1.807) is 42.5 Å². The summed E-state index contributed by atoms with van der Waals surface area (Å²) in [7, 11) is 0. The lowest BCUT2D eigenvalue weighted by Crippen LogP contribution is -2.52. The molecule has 19 heteroatoms. The van der Waals surface area contributed by atoms with Crippen molar-refractivity contribution in [3.8, 4) is 0 Å². The Labute approximate surface area is 335 Å². The number of carbonyl (C=O) groups is 6. The summed E-state index contributed by atoms with van der Waals surface area (Å²) in [5.41, 5.74) is 10.5. The second-order valence-electron chi connectivity index (χ2n) is 12.2. The van der Waals surface area contributed by atoms with Crippen LogP contribution in [0, 0.1) is 0 Å². The number of fused-ring (bicyclic) bond motifs is 1. The zero-order valence-electron chi connectivity index (χ0n) is 30.6. The summed E-state index contributed by atoms with van der Waals surface area (Å²) in [5, 5.41) is 16.8. The summed E-state index contributed by atoms with van der Waals surface area (Å²) in [5.74, 6) is -2.31. The Hall–Kier alpha value is -4.56. The summed E-state index contributed by atoms with van der Waals surface area (Å²) < 4.78 is 10.9. The van der Waals surface area contributed by atoms with Crippen molar-refractivity contribution in [2.24, 2.45) is 5.73 Å². The summed E-state index contributed by atoms with van der Waals surface area (Å²) in [6.07, 6.45) is 1.13. The molecule has 55 heavy (non-hydrogen) atoms. The molecule has 298 valence electrons. The van der Waals surface area contributed by atoms with Crippen LogP contribution in [0.4, 0.5) is 5.69 Å². The van der Waals surface area contributed by atoms with E-state index in [9.17, 15) is 28.8 Å². The molecule has 6 amide bonds. The van der Waals surface area contributed by atoms with E-state index in [1.807, 2.05) is 0 Å². The third-order valence-corrected chi connectivity index (χ3v) is 9.03. The van der Waals surface area contributed by atoms with Crippen LogP contribution in [0.15, 0.2) is 42.5 Å². The number of nitrogens with two attached hydrogens (primary N) is 1. The Balaban J connectivity index is 1.23. The first-order valence-corrected chi connectivity index (χ1v) is 19.7. The zero-order valence-corrected chi connectivity index (χ0v) is 33.8. The molecule has 3 aromatic rings. The minimum absolute atomic E-state index is 0.00214. The molecule has 0 saturated heterocycles. The van der Waals surface area contributed by atoms with Crippen molar-refractivity contribution in [2.45, 2.75) is 55.5 Å². The molecule has 8 N–H and O–H groups in total. The summed E-state index contributed by atoms with van der Waals surface area (Å²) in [4.78, 5) is 82.1. The molecule has 0 radical (unpaired) electrons. The van der Waals surface area contributed by atoms with Gasteiger partial charge in [0.25, 0.3) is 5.91 Å². The minimum Gasteiger partial charge on any atom is -0.379 e. The molecular formula is C36H47Br2N9O8. The molecule has 3 rings (SSSR count). The van der Waals surface area contributed by atoms with Crippen LogP contribution >= 0.6 is 31.9 Å². The monoisotopic (exact) mass is 891 g/mol. The van der Waals surface area contributed by atoms with Crippen LogP contribution < -0.4 is 37.6 Å². The van der Waals surface area contributed by atoms with Crippen LogP contribution in [-0.4, -0.2) is 110 Å². The molecule has 0 aliphatic carbocycles. The van der Waals surface area contributed by atoms with Crippen molar-refractivity contribution in [2.75, 3.05) is 51.4 Å². The molecule has 17 nitrogen and oxygen atoms in total. The number of halogens is 2. The molecule has 0 saturated carbocycles. The fourth-order valence-electron chi connectivity index (χ4n) is 4.93. The summed E-state index contributed by atoms with van der Waals surface area (Å²) in [6.45, 7) is 4.01. The predicted octanol–water partition coefficient (Wildman–Crippen LogP) is 0.953. The van der Waals surface area contributed by atoms with Gasteiger partial charge < -0.3 is 47.1 Å². The zero-order chi connectivity index (χ0) is 40.2. The van der Waals surface area contributed by atoms with Gasteiger partial charge in [-0.1, -0.05) is 44.0 Å². The maximum atomic E-state index is 12.6. The first-order valence-electron chi connectivity index (χ1n) is 17.5. The highest BCUT2D eigenvalue weighted by Crippen LogP contribution is 2.19. The number of alkyl halides is 2. The SMILES string of the molecule is CC(NC(=O)[C@H](C)NC(=O)CCOCCOCCNC(=O)c1ccc2nc(CBr)c(CBr)nc2c1)C(=O)NCC(=O)Nc1ccc(CC(CN)NC=O)cc1. The number of aromatic nitrogens is 2. The number of nitrogens with zero attached hydrogens (tertiary/aromatic N) is 2. The smallest absolute Gasteiger partial charge is 0.251 e. The Morgan fingerprint density at radius 1 is 0.800 bits per heavy atom. The topological polar surface area (TPSA) is 245 Å². The van der Waals surface area contributed by atoms with Gasteiger partial charge in [-0.2, -0.15) is 0 Å². The normalized spacial score (nSPS) is 12.5. The van der Waals surface area contributed by atoms with Crippen molar-refractivity contribution in [1.82, 2.24) is 36.6 Å². The van der Waals surface area contributed by atoms with E-state index >= 15 is 0 Å². The largest absolute Gasteiger partial charge is 0.379 e. The van der Waals surface area contributed by atoms with Crippen molar-refractivity contribution in [1.29, 1.82) is 0 Å². The van der Waals surface area contributed by atoms with Gasteiger partial charge in [0.1, 0.15) is 12.1 Å². The number of anilines is 1. The van der Waals surface area contributed by atoms with Gasteiger partial charge >= 0.3 is 0 Å². The van der Waals surface area contributed by atoms with E-state index in [1.165, 1.54) is 13.8 Å². The van der Waals surface area contributed by atoms with Crippen LogP contribution in [0.25, 0.3) is 11.0 Å². The molecule has 3 atom stereocenters. The molecule has 1 aromatic heterocycles. The van der Waals surface area contributed by atoms with Gasteiger partial charge in [0.15, 0.2) is 0 Å². The van der Waals surface area contributed by atoms with Gasteiger partial charge in [-0.25, -0.2) is 9.97 Å². The van der Waals surface area contributed by atoms with E-state index in [0.717, 1.165) is 17.0 Å². The van der Waals surface area contributed by atoms with Crippen molar-refractivity contribution in [3.63, 3.8) is 0 Å². The highest BCUT2D eigenvalue weighted by molar-refractivity contribution is 9.09. The highest BCUT2D eigenvalue weighted by Gasteiger charge is 2.21. The highest BCUT2D eigenvalue weighted by atomic mass is 79.9. The molecule has 1 heterocycles. The van der Waals surface area contributed by atoms with Crippen LogP contribution in [0.5, 0.6) is 0 Å². The number of nitrogens with one attached hydrogen (secondary N) is 6. The fraction of sp³-hybridized carbons (Fsp3) is 0.444. The van der Waals surface area contributed by atoms with Crippen LogP contribution in [0.2, 0.25) is 0 Å². The lowest BCUT2D eigenvalue weighted by Gasteiger charge is -2.18. The van der Waals surface area contributed by atoms with E-state index in [-0.39, 0.29) is 64.4 Å². The maximum Gasteiger partial charge on any atom is 0.251 e. The van der Waals surface area contributed by atoms with Gasteiger partial charge in [-0.3, -0.25) is 28.8 Å². The van der Waals surface area contributed by atoms with Gasteiger partial charge in [-0.15, -0.1) is 0 Å². The summed E-state index contributed by atoms with van der Waals surface area (Å²) >= 11 is 6.84. The van der Waals surface area contributed by atoms with E-state index in [2.05, 4.69) is 73.7 Å². The van der Waals surface area contributed by atoms with Gasteiger partial charge in [0.2, 0.25) is 30.0 Å². The number of hydrogen-bond acceptors (Lipinski definition) is 11. The number of ether oxygens (including phenoxy) is 2. The Bertz CT molecular complexity index is 1770. The second kappa shape index (κ2) is 24.1. The van der Waals surface area contributed by atoms with Crippen molar-refractivity contribution < 1.29 is 38.2 Å².